The lowest BCUT2D eigenvalue weighted by molar-refractivity contribution is -0.133. The molecule has 0 spiro atoms. The first-order valence-corrected chi connectivity index (χ1v) is 7.60. The molecule has 0 saturated heterocycles. The van der Waals surface area contributed by atoms with Crippen LogP contribution in [0.5, 0.6) is 5.75 Å². The van der Waals surface area contributed by atoms with E-state index in [9.17, 15) is 4.79 Å². The Bertz CT molecular complexity index is 645. The van der Waals surface area contributed by atoms with E-state index in [1.807, 2.05) is 54.4 Å². The van der Waals surface area contributed by atoms with Crippen molar-refractivity contribution in [2.75, 3.05) is 14.2 Å². The average Bonchev–Trinajstić information content (AvgIpc) is 3.37. The summed E-state index contributed by atoms with van der Waals surface area (Å²) >= 11 is 0. The van der Waals surface area contributed by atoms with Gasteiger partial charge in [-0.25, -0.2) is 0 Å². The molecule has 3 nitrogen and oxygen atoms in total. The van der Waals surface area contributed by atoms with Gasteiger partial charge in [0.1, 0.15) is 5.75 Å². The van der Waals surface area contributed by atoms with Crippen molar-refractivity contribution < 1.29 is 9.53 Å². The minimum absolute atomic E-state index is 0.210. The number of carbonyl (C=O) groups is 1. The highest BCUT2D eigenvalue weighted by molar-refractivity contribution is 5.91. The number of carbonyl (C=O) groups excluding carboxylic acids is 1. The molecule has 114 valence electrons. The van der Waals surface area contributed by atoms with E-state index in [1.165, 1.54) is 0 Å². The fraction of sp³-hybridized carbons (Fsp3) is 0.316. The first-order chi connectivity index (χ1) is 10.7. The lowest BCUT2D eigenvalue weighted by Gasteiger charge is -2.24. The summed E-state index contributed by atoms with van der Waals surface area (Å²) in [5.41, 5.74) is 1.93. The molecule has 0 N–H and O–H groups in total. The normalized spacial score (nSPS) is 15.2. The molecule has 0 atom stereocenters. The summed E-state index contributed by atoms with van der Waals surface area (Å²) in [5.74, 6) is 1.03. The van der Waals surface area contributed by atoms with Gasteiger partial charge in [0.05, 0.1) is 12.5 Å². The number of ether oxygens (including phenoxy) is 1. The number of rotatable bonds is 5. The SMILES string of the molecule is COc1ccc(C2(C(=O)N(C)Cc3ccccc3)CC2)cc1. The molecule has 0 aromatic heterocycles. The van der Waals surface area contributed by atoms with Gasteiger partial charge in [-0.1, -0.05) is 42.5 Å². The van der Waals surface area contributed by atoms with Crippen LogP contribution in [-0.4, -0.2) is 25.0 Å². The molecular weight excluding hydrogens is 274 g/mol. The van der Waals surface area contributed by atoms with Gasteiger partial charge in [-0.15, -0.1) is 0 Å². The molecular formula is C19H21NO2. The number of hydrogen-bond donors (Lipinski definition) is 0. The maximum atomic E-state index is 12.9. The zero-order valence-corrected chi connectivity index (χ0v) is 13.1. The van der Waals surface area contributed by atoms with Gasteiger partial charge in [0, 0.05) is 13.6 Å². The Morgan fingerprint density at radius 3 is 2.27 bits per heavy atom. The van der Waals surface area contributed by atoms with Crippen LogP contribution in [0.1, 0.15) is 24.0 Å². The zero-order valence-electron chi connectivity index (χ0n) is 13.1. The van der Waals surface area contributed by atoms with Crippen LogP contribution in [0.25, 0.3) is 0 Å². The minimum Gasteiger partial charge on any atom is -0.497 e. The molecule has 0 aliphatic heterocycles. The van der Waals surface area contributed by atoms with E-state index in [2.05, 4.69) is 12.1 Å². The maximum absolute atomic E-state index is 12.9. The van der Waals surface area contributed by atoms with E-state index in [-0.39, 0.29) is 11.3 Å². The molecule has 0 unspecified atom stereocenters. The summed E-state index contributed by atoms with van der Waals surface area (Å²) in [5, 5.41) is 0. The summed E-state index contributed by atoms with van der Waals surface area (Å²) in [6, 6.07) is 18.0. The smallest absolute Gasteiger partial charge is 0.233 e. The number of hydrogen-bond acceptors (Lipinski definition) is 2. The van der Waals surface area contributed by atoms with Crippen LogP contribution in [0.4, 0.5) is 0 Å². The topological polar surface area (TPSA) is 29.5 Å². The van der Waals surface area contributed by atoms with E-state index in [4.69, 9.17) is 4.74 Å². The average molecular weight is 295 g/mol. The first kappa shape index (κ1) is 14.6. The van der Waals surface area contributed by atoms with Crippen LogP contribution in [0.15, 0.2) is 54.6 Å². The van der Waals surface area contributed by atoms with E-state index < -0.39 is 0 Å². The Labute approximate surface area is 131 Å². The van der Waals surface area contributed by atoms with E-state index >= 15 is 0 Å². The molecule has 3 heteroatoms. The third-order valence-electron chi connectivity index (χ3n) is 4.41. The lowest BCUT2D eigenvalue weighted by Crippen LogP contribution is -2.36. The van der Waals surface area contributed by atoms with Crippen LogP contribution < -0.4 is 4.74 Å². The largest absolute Gasteiger partial charge is 0.497 e. The summed E-state index contributed by atoms with van der Waals surface area (Å²) in [7, 11) is 3.54. The summed E-state index contributed by atoms with van der Waals surface area (Å²) in [6.45, 7) is 0.650. The Kier molecular flexibility index (Phi) is 3.88. The second-order valence-corrected chi connectivity index (χ2v) is 5.96. The minimum atomic E-state index is -0.324. The van der Waals surface area contributed by atoms with Crippen LogP contribution in [0.3, 0.4) is 0 Å². The monoisotopic (exact) mass is 295 g/mol. The summed E-state index contributed by atoms with van der Waals surface area (Å²) in [4.78, 5) is 14.7. The van der Waals surface area contributed by atoms with Gasteiger partial charge in [0.2, 0.25) is 5.91 Å². The molecule has 3 rings (SSSR count). The van der Waals surface area contributed by atoms with Crippen LogP contribution in [0.2, 0.25) is 0 Å². The predicted molar refractivity (Wildman–Crippen MR) is 86.8 cm³/mol. The highest BCUT2D eigenvalue weighted by atomic mass is 16.5. The van der Waals surface area contributed by atoms with Gasteiger partial charge in [-0.05, 0) is 36.1 Å². The highest BCUT2D eigenvalue weighted by Crippen LogP contribution is 2.49. The van der Waals surface area contributed by atoms with Gasteiger partial charge >= 0.3 is 0 Å². The van der Waals surface area contributed by atoms with Crippen molar-refractivity contribution in [3.63, 3.8) is 0 Å². The predicted octanol–water partition coefficient (Wildman–Crippen LogP) is 3.39. The number of amides is 1. The fourth-order valence-corrected chi connectivity index (χ4v) is 2.96. The van der Waals surface area contributed by atoms with Gasteiger partial charge in [-0.3, -0.25) is 4.79 Å². The van der Waals surface area contributed by atoms with Gasteiger partial charge in [0.25, 0.3) is 0 Å². The van der Waals surface area contributed by atoms with Crippen molar-refractivity contribution in [2.24, 2.45) is 0 Å². The van der Waals surface area contributed by atoms with Crippen molar-refractivity contribution in [1.82, 2.24) is 4.90 Å². The quantitative estimate of drug-likeness (QED) is 0.846. The summed E-state index contributed by atoms with van der Waals surface area (Å²) < 4.78 is 5.19. The second-order valence-electron chi connectivity index (χ2n) is 5.96. The number of likely N-dealkylation sites (N-methyl/N-ethyl adjacent to an activating group) is 1. The van der Waals surface area contributed by atoms with Crippen LogP contribution >= 0.6 is 0 Å². The maximum Gasteiger partial charge on any atom is 0.233 e. The highest BCUT2D eigenvalue weighted by Gasteiger charge is 2.52. The lowest BCUT2D eigenvalue weighted by atomic mass is 9.94. The van der Waals surface area contributed by atoms with Crippen molar-refractivity contribution in [3.8, 4) is 5.75 Å². The van der Waals surface area contributed by atoms with Crippen molar-refractivity contribution in [2.45, 2.75) is 24.8 Å². The van der Waals surface area contributed by atoms with Crippen LogP contribution in [-0.2, 0) is 16.8 Å². The van der Waals surface area contributed by atoms with Gasteiger partial charge < -0.3 is 9.64 Å². The standard InChI is InChI=1S/C19H21NO2/c1-20(14-15-6-4-3-5-7-15)18(21)19(12-13-19)16-8-10-17(22-2)11-9-16/h3-11H,12-14H2,1-2H3. The molecule has 1 fully saturated rings. The molecule has 1 saturated carbocycles. The third-order valence-corrected chi connectivity index (χ3v) is 4.41. The number of nitrogens with zero attached hydrogens (tertiary/aromatic N) is 1. The molecule has 2 aromatic rings. The van der Waals surface area contributed by atoms with Crippen molar-refractivity contribution in [1.29, 1.82) is 0 Å². The molecule has 0 radical (unpaired) electrons. The Morgan fingerprint density at radius 2 is 1.73 bits per heavy atom. The fourth-order valence-electron chi connectivity index (χ4n) is 2.96. The second kappa shape index (κ2) is 5.84. The number of benzene rings is 2. The molecule has 1 aliphatic carbocycles. The Balaban J connectivity index is 1.75. The van der Waals surface area contributed by atoms with Crippen LogP contribution in [0, 0.1) is 0 Å². The van der Waals surface area contributed by atoms with E-state index in [1.54, 1.807) is 7.11 Å². The Hall–Kier alpha value is -2.29. The first-order valence-electron chi connectivity index (χ1n) is 7.60. The van der Waals surface area contributed by atoms with Gasteiger partial charge in [0.15, 0.2) is 0 Å². The molecule has 0 heterocycles. The van der Waals surface area contributed by atoms with Gasteiger partial charge in [-0.2, -0.15) is 0 Å². The molecule has 1 amide bonds. The Morgan fingerprint density at radius 1 is 1.09 bits per heavy atom. The third kappa shape index (κ3) is 2.71. The van der Waals surface area contributed by atoms with Crippen molar-refractivity contribution in [3.05, 3.63) is 65.7 Å². The zero-order chi connectivity index (χ0) is 15.6. The molecule has 22 heavy (non-hydrogen) atoms. The molecule has 1 aliphatic rings. The molecule has 2 aromatic carbocycles. The van der Waals surface area contributed by atoms with E-state index in [0.29, 0.717) is 6.54 Å². The summed E-state index contributed by atoms with van der Waals surface area (Å²) in [6.07, 6.45) is 1.86. The molecule has 0 bridgehead atoms. The van der Waals surface area contributed by atoms with Crippen molar-refractivity contribution >= 4 is 5.91 Å². The van der Waals surface area contributed by atoms with E-state index in [0.717, 1.165) is 29.7 Å². The number of methoxy groups -OCH3 is 1.